The molecule has 0 aliphatic heterocycles. The number of benzene rings is 1. The van der Waals surface area contributed by atoms with E-state index in [4.69, 9.17) is 0 Å². The van der Waals surface area contributed by atoms with Gasteiger partial charge in [-0.15, -0.1) is 11.3 Å². The van der Waals surface area contributed by atoms with E-state index in [0.29, 0.717) is 18.2 Å². The van der Waals surface area contributed by atoms with Crippen molar-refractivity contribution in [1.29, 1.82) is 0 Å². The zero-order chi connectivity index (χ0) is 21.1. The minimum atomic E-state index is -0.237. The highest BCUT2D eigenvalue weighted by atomic mass is 32.1. The third kappa shape index (κ3) is 6.14. The number of amides is 2. The molecule has 0 spiro atoms. The lowest BCUT2D eigenvalue weighted by Gasteiger charge is -2.22. The number of nitrogens with one attached hydrogen (secondary N) is 2. The van der Waals surface area contributed by atoms with Gasteiger partial charge in [0.2, 0.25) is 5.91 Å². The van der Waals surface area contributed by atoms with Gasteiger partial charge in [0.25, 0.3) is 5.91 Å². The second kappa shape index (κ2) is 8.84. The monoisotopic (exact) mass is 403 g/mol. The number of aromatic nitrogens is 1. The molecule has 152 valence electrons. The number of anilines is 2. The van der Waals surface area contributed by atoms with Crippen molar-refractivity contribution in [3.63, 3.8) is 0 Å². The van der Waals surface area contributed by atoms with E-state index in [1.165, 1.54) is 11.3 Å². The molecule has 2 N–H and O–H groups in total. The number of carbonyl (C=O) groups is 2. The Morgan fingerprint density at radius 2 is 1.93 bits per heavy atom. The highest BCUT2D eigenvalue weighted by Gasteiger charge is 2.22. The quantitative estimate of drug-likeness (QED) is 0.778. The molecule has 2 rings (SSSR count). The van der Waals surface area contributed by atoms with Crippen LogP contribution in [0.1, 0.15) is 44.5 Å². The number of rotatable bonds is 6. The number of nitrogens with zero attached hydrogens (tertiary/aromatic N) is 2. The standard InChI is InChI=1S/C21H30N4O2S/c1-14-8-9-18(15(2)10-14)25(16(3)26)20-22-17(13-28-20)11-24(7)12-19(27)23-21(4,5)6/h8-10,13H,11-12H2,1-7H3,(H,23,27)/p+1. The van der Waals surface area contributed by atoms with E-state index in [1.54, 1.807) is 11.8 Å². The smallest absolute Gasteiger partial charge is 0.275 e. The normalized spacial score (nSPS) is 12.5. The molecule has 0 saturated heterocycles. The number of aryl methyl sites for hydroxylation is 2. The van der Waals surface area contributed by atoms with Crippen molar-refractivity contribution in [3.05, 3.63) is 40.4 Å². The van der Waals surface area contributed by atoms with Gasteiger partial charge in [-0.25, -0.2) is 4.98 Å². The summed E-state index contributed by atoms with van der Waals surface area (Å²) in [5.41, 5.74) is 3.68. The van der Waals surface area contributed by atoms with E-state index < -0.39 is 0 Å². The zero-order valence-corrected chi connectivity index (χ0v) is 18.7. The zero-order valence-electron chi connectivity index (χ0n) is 17.8. The third-order valence-electron chi connectivity index (χ3n) is 4.10. The lowest BCUT2D eigenvalue weighted by atomic mass is 10.1. The van der Waals surface area contributed by atoms with Crippen molar-refractivity contribution in [1.82, 2.24) is 10.3 Å². The molecule has 2 aromatic rings. The minimum Gasteiger partial charge on any atom is -0.347 e. The van der Waals surface area contributed by atoms with Crippen molar-refractivity contribution in [2.24, 2.45) is 0 Å². The van der Waals surface area contributed by atoms with E-state index in [2.05, 4.69) is 16.4 Å². The predicted molar refractivity (Wildman–Crippen MR) is 114 cm³/mol. The highest BCUT2D eigenvalue weighted by molar-refractivity contribution is 7.14. The first-order chi connectivity index (χ1) is 13.0. The Morgan fingerprint density at radius 1 is 1.25 bits per heavy atom. The van der Waals surface area contributed by atoms with Gasteiger partial charge in [0.05, 0.1) is 12.7 Å². The first-order valence-electron chi connectivity index (χ1n) is 9.41. The van der Waals surface area contributed by atoms with Crippen LogP contribution in [0, 0.1) is 13.8 Å². The van der Waals surface area contributed by atoms with Crippen LogP contribution in [-0.2, 0) is 16.1 Å². The summed E-state index contributed by atoms with van der Waals surface area (Å²) >= 11 is 1.44. The van der Waals surface area contributed by atoms with Crippen LogP contribution in [0.25, 0.3) is 0 Å². The molecule has 1 atom stereocenters. The van der Waals surface area contributed by atoms with E-state index >= 15 is 0 Å². The molecule has 2 amide bonds. The van der Waals surface area contributed by atoms with Gasteiger partial charge >= 0.3 is 0 Å². The first-order valence-corrected chi connectivity index (χ1v) is 10.3. The van der Waals surface area contributed by atoms with Gasteiger partial charge in [-0.05, 0) is 46.2 Å². The molecule has 1 aromatic heterocycles. The van der Waals surface area contributed by atoms with Gasteiger partial charge in [0.1, 0.15) is 12.2 Å². The number of thiazole rings is 1. The summed E-state index contributed by atoms with van der Waals surface area (Å²) in [6.07, 6.45) is 0. The third-order valence-corrected chi connectivity index (χ3v) is 4.97. The summed E-state index contributed by atoms with van der Waals surface area (Å²) in [4.78, 5) is 31.8. The molecule has 1 heterocycles. The SMILES string of the molecule is CC(=O)N(c1nc(C[NH+](C)CC(=O)NC(C)(C)C)cs1)c1ccc(C)cc1C. The lowest BCUT2D eigenvalue weighted by Crippen LogP contribution is -3.09. The molecule has 6 nitrogen and oxygen atoms in total. The highest BCUT2D eigenvalue weighted by Crippen LogP contribution is 2.31. The number of hydrogen-bond donors (Lipinski definition) is 2. The molecule has 0 bridgehead atoms. The van der Waals surface area contributed by atoms with E-state index in [9.17, 15) is 9.59 Å². The number of carbonyl (C=O) groups excluding carboxylic acids is 2. The van der Waals surface area contributed by atoms with Crippen LogP contribution in [0.4, 0.5) is 10.8 Å². The van der Waals surface area contributed by atoms with Crippen molar-refractivity contribution in [2.45, 2.75) is 53.6 Å². The summed E-state index contributed by atoms with van der Waals surface area (Å²) in [5.74, 6) is -0.0563. The fourth-order valence-electron chi connectivity index (χ4n) is 3.05. The molecule has 7 heteroatoms. The van der Waals surface area contributed by atoms with Crippen LogP contribution in [0.2, 0.25) is 0 Å². The Kier molecular flexibility index (Phi) is 6.96. The molecule has 0 aliphatic carbocycles. The van der Waals surface area contributed by atoms with Crippen LogP contribution in [-0.4, -0.2) is 35.9 Å². The fourth-order valence-corrected chi connectivity index (χ4v) is 3.93. The molecular formula is C21H31N4O2S+. The number of hydrogen-bond acceptors (Lipinski definition) is 4. The first kappa shape index (κ1) is 22.0. The Labute approximate surface area is 171 Å². The summed E-state index contributed by atoms with van der Waals surface area (Å²) in [7, 11) is 1.97. The molecular weight excluding hydrogens is 372 g/mol. The van der Waals surface area contributed by atoms with Crippen molar-refractivity contribution < 1.29 is 14.5 Å². The Morgan fingerprint density at radius 3 is 2.50 bits per heavy atom. The second-order valence-electron chi connectivity index (χ2n) is 8.37. The molecule has 1 unspecified atom stereocenters. The molecule has 0 fully saturated rings. The van der Waals surface area contributed by atoms with E-state index in [0.717, 1.165) is 27.4 Å². The van der Waals surface area contributed by atoms with Crippen LogP contribution in [0.3, 0.4) is 0 Å². The molecule has 1 aromatic carbocycles. The maximum atomic E-state index is 12.3. The van der Waals surface area contributed by atoms with Crippen molar-refractivity contribution in [2.75, 3.05) is 18.5 Å². The molecule has 0 aliphatic rings. The average molecular weight is 404 g/mol. The topological polar surface area (TPSA) is 66.7 Å². The Hall–Kier alpha value is -2.25. The summed E-state index contributed by atoms with van der Waals surface area (Å²) in [6.45, 7) is 12.5. The molecule has 28 heavy (non-hydrogen) atoms. The Bertz CT molecular complexity index is 854. The van der Waals surface area contributed by atoms with Gasteiger partial charge in [-0.3, -0.25) is 14.5 Å². The van der Waals surface area contributed by atoms with Gasteiger partial charge in [-0.2, -0.15) is 0 Å². The second-order valence-corrected chi connectivity index (χ2v) is 9.21. The van der Waals surface area contributed by atoms with Crippen LogP contribution >= 0.6 is 11.3 Å². The summed E-state index contributed by atoms with van der Waals surface area (Å²) < 4.78 is 0. The summed E-state index contributed by atoms with van der Waals surface area (Å²) in [6, 6.07) is 6.02. The van der Waals surface area contributed by atoms with Crippen molar-refractivity contribution >= 4 is 34.0 Å². The van der Waals surface area contributed by atoms with E-state index in [-0.39, 0.29) is 17.4 Å². The van der Waals surface area contributed by atoms with Crippen LogP contribution in [0.15, 0.2) is 23.6 Å². The summed E-state index contributed by atoms with van der Waals surface area (Å²) in [5, 5.41) is 5.59. The maximum absolute atomic E-state index is 12.3. The van der Waals surface area contributed by atoms with Gasteiger partial charge in [-0.1, -0.05) is 17.7 Å². The number of quaternary nitrogens is 1. The van der Waals surface area contributed by atoms with Gasteiger partial charge in [0, 0.05) is 17.8 Å². The lowest BCUT2D eigenvalue weighted by molar-refractivity contribution is -0.885. The number of likely N-dealkylation sites (N-methyl/N-ethyl adjacent to an activating group) is 1. The minimum absolute atomic E-state index is 0.0149. The fraction of sp³-hybridized carbons (Fsp3) is 0.476. The average Bonchev–Trinajstić information content (AvgIpc) is 2.95. The molecule has 0 radical (unpaired) electrons. The largest absolute Gasteiger partial charge is 0.347 e. The molecule has 0 saturated carbocycles. The van der Waals surface area contributed by atoms with Crippen molar-refractivity contribution in [3.8, 4) is 0 Å². The van der Waals surface area contributed by atoms with Crippen LogP contribution in [0.5, 0.6) is 0 Å². The van der Waals surface area contributed by atoms with Crippen LogP contribution < -0.4 is 15.1 Å². The van der Waals surface area contributed by atoms with E-state index in [1.807, 2.05) is 59.2 Å². The predicted octanol–water partition coefficient (Wildman–Crippen LogP) is 2.37. The van der Waals surface area contributed by atoms with Gasteiger partial charge < -0.3 is 10.2 Å². The van der Waals surface area contributed by atoms with Gasteiger partial charge in [0.15, 0.2) is 11.7 Å². The maximum Gasteiger partial charge on any atom is 0.275 e. The Balaban J connectivity index is 2.12.